The summed E-state index contributed by atoms with van der Waals surface area (Å²) in [5, 5.41) is 3.92. The van der Waals surface area contributed by atoms with E-state index in [1.807, 2.05) is 30.3 Å². The van der Waals surface area contributed by atoms with Gasteiger partial charge in [-0.15, -0.1) is 0 Å². The van der Waals surface area contributed by atoms with Crippen LogP contribution in [0.1, 0.15) is 5.56 Å². The number of aromatic nitrogens is 3. The van der Waals surface area contributed by atoms with E-state index in [1.54, 1.807) is 11.0 Å². The molecule has 0 saturated carbocycles. The van der Waals surface area contributed by atoms with Crippen molar-refractivity contribution < 1.29 is 0 Å². The van der Waals surface area contributed by atoms with Gasteiger partial charge in [-0.25, -0.2) is 14.7 Å². The third-order valence-corrected chi connectivity index (χ3v) is 1.92. The molecule has 0 fully saturated rings. The molecule has 2 N–H and O–H groups in total. The second-order valence-corrected chi connectivity index (χ2v) is 2.99. The number of hydrogen-bond donors (Lipinski definition) is 1. The summed E-state index contributed by atoms with van der Waals surface area (Å²) in [5.74, 6) is 0.506. The third kappa shape index (κ3) is 2.40. The standard InChI is InChI=1S/C10H11N5/c11-10(9-4-2-1-3-5-9)13-8-15-7-12-6-14-15/h1-7H,8H2,(H2,11,13). The lowest BCUT2D eigenvalue weighted by molar-refractivity contribution is 0.638. The first kappa shape index (κ1) is 9.39. The molecule has 5 nitrogen and oxygen atoms in total. The Bertz CT molecular complexity index is 432. The summed E-state index contributed by atoms with van der Waals surface area (Å²) < 4.78 is 1.61. The Hall–Kier alpha value is -2.17. The molecule has 2 aromatic rings. The van der Waals surface area contributed by atoms with Gasteiger partial charge in [0.05, 0.1) is 0 Å². The first-order chi connectivity index (χ1) is 7.36. The molecule has 0 aliphatic rings. The summed E-state index contributed by atoms with van der Waals surface area (Å²) in [6, 6.07) is 9.62. The van der Waals surface area contributed by atoms with Crippen LogP contribution in [0.25, 0.3) is 0 Å². The summed E-state index contributed by atoms with van der Waals surface area (Å²) in [7, 11) is 0. The van der Waals surface area contributed by atoms with E-state index in [9.17, 15) is 0 Å². The van der Waals surface area contributed by atoms with E-state index < -0.39 is 0 Å². The van der Waals surface area contributed by atoms with Gasteiger partial charge in [-0.05, 0) is 0 Å². The summed E-state index contributed by atoms with van der Waals surface area (Å²) in [6.07, 6.45) is 3.07. The van der Waals surface area contributed by atoms with Crippen LogP contribution >= 0.6 is 0 Å². The highest BCUT2D eigenvalue weighted by molar-refractivity contribution is 5.97. The average Bonchev–Trinajstić information content (AvgIpc) is 2.80. The van der Waals surface area contributed by atoms with Crippen LogP contribution in [-0.2, 0) is 6.67 Å². The van der Waals surface area contributed by atoms with Crippen LogP contribution in [0.3, 0.4) is 0 Å². The highest BCUT2D eigenvalue weighted by Gasteiger charge is 1.95. The number of nitrogens with two attached hydrogens (primary N) is 1. The Morgan fingerprint density at radius 3 is 2.80 bits per heavy atom. The maximum absolute atomic E-state index is 5.80. The fourth-order valence-corrected chi connectivity index (χ4v) is 1.15. The normalized spacial score (nSPS) is 11.6. The summed E-state index contributed by atoms with van der Waals surface area (Å²) in [6.45, 7) is 0.390. The highest BCUT2D eigenvalue weighted by Crippen LogP contribution is 1.97. The minimum atomic E-state index is 0.390. The summed E-state index contributed by atoms with van der Waals surface area (Å²) in [5.41, 5.74) is 6.71. The smallest absolute Gasteiger partial charge is 0.137 e. The minimum absolute atomic E-state index is 0.390. The number of aliphatic imine (C=N–C) groups is 1. The molecule has 2 rings (SSSR count). The molecular formula is C10H11N5. The van der Waals surface area contributed by atoms with Crippen LogP contribution in [0.2, 0.25) is 0 Å². The molecule has 0 aliphatic heterocycles. The van der Waals surface area contributed by atoms with Gasteiger partial charge in [-0.3, -0.25) is 0 Å². The highest BCUT2D eigenvalue weighted by atomic mass is 15.3. The van der Waals surface area contributed by atoms with E-state index >= 15 is 0 Å². The van der Waals surface area contributed by atoms with Crippen LogP contribution in [-0.4, -0.2) is 20.6 Å². The van der Waals surface area contributed by atoms with E-state index in [2.05, 4.69) is 15.1 Å². The molecule has 76 valence electrons. The number of hydrogen-bond acceptors (Lipinski definition) is 3. The molecule has 15 heavy (non-hydrogen) atoms. The van der Waals surface area contributed by atoms with E-state index in [0.717, 1.165) is 5.56 Å². The Labute approximate surface area is 87.3 Å². The van der Waals surface area contributed by atoms with Crippen LogP contribution < -0.4 is 5.73 Å². The van der Waals surface area contributed by atoms with Crippen molar-refractivity contribution in [3.63, 3.8) is 0 Å². The van der Waals surface area contributed by atoms with E-state index in [4.69, 9.17) is 5.73 Å². The fraction of sp³-hybridized carbons (Fsp3) is 0.100. The molecule has 0 unspecified atom stereocenters. The van der Waals surface area contributed by atoms with Crippen molar-refractivity contribution in [1.82, 2.24) is 14.8 Å². The van der Waals surface area contributed by atoms with Gasteiger partial charge >= 0.3 is 0 Å². The molecule has 1 aromatic heterocycles. The molecule has 0 saturated heterocycles. The van der Waals surface area contributed by atoms with Crippen molar-refractivity contribution >= 4 is 5.84 Å². The van der Waals surface area contributed by atoms with Gasteiger partial charge in [0.25, 0.3) is 0 Å². The molecule has 1 aromatic carbocycles. The van der Waals surface area contributed by atoms with Crippen molar-refractivity contribution in [3.05, 3.63) is 48.5 Å². The lowest BCUT2D eigenvalue weighted by Crippen LogP contribution is -2.14. The third-order valence-electron chi connectivity index (χ3n) is 1.92. The quantitative estimate of drug-likeness (QED) is 0.585. The lowest BCUT2D eigenvalue weighted by atomic mass is 10.2. The first-order valence-corrected chi connectivity index (χ1v) is 4.54. The Morgan fingerprint density at radius 2 is 2.13 bits per heavy atom. The minimum Gasteiger partial charge on any atom is -0.383 e. The molecule has 0 amide bonds. The maximum Gasteiger partial charge on any atom is 0.137 e. The van der Waals surface area contributed by atoms with Crippen molar-refractivity contribution in [2.75, 3.05) is 0 Å². The molecule has 0 spiro atoms. The van der Waals surface area contributed by atoms with E-state index in [-0.39, 0.29) is 0 Å². The fourth-order valence-electron chi connectivity index (χ4n) is 1.15. The molecule has 0 radical (unpaired) electrons. The van der Waals surface area contributed by atoms with Gasteiger partial charge in [0, 0.05) is 5.56 Å². The lowest BCUT2D eigenvalue weighted by Gasteiger charge is -2.00. The number of amidine groups is 1. The van der Waals surface area contributed by atoms with Crippen molar-refractivity contribution in [3.8, 4) is 0 Å². The number of benzene rings is 1. The molecule has 0 aliphatic carbocycles. The molecule has 0 atom stereocenters. The van der Waals surface area contributed by atoms with Gasteiger partial charge < -0.3 is 5.73 Å². The van der Waals surface area contributed by atoms with Crippen molar-refractivity contribution in [2.45, 2.75) is 6.67 Å². The van der Waals surface area contributed by atoms with Crippen molar-refractivity contribution in [1.29, 1.82) is 0 Å². The van der Waals surface area contributed by atoms with Crippen LogP contribution in [0.4, 0.5) is 0 Å². The zero-order valence-corrected chi connectivity index (χ0v) is 8.11. The zero-order valence-electron chi connectivity index (χ0n) is 8.11. The van der Waals surface area contributed by atoms with Gasteiger partial charge in [-0.1, -0.05) is 30.3 Å². The van der Waals surface area contributed by atoms with Gasteiger partial charge in [0.15, 0.2) is 0 Å². The molecule has 0 bridgehead atoms. The molecule has 5 heteroatoms. The first-order valence-electron chi connectivity index (χ1n) is 4.54. The van der Waals surface area contributed by atoms with E-state index in [1.165, 1.54) is 6.33 Å². The van der Waals surface area contributed by atoms with E-state index in [0.29, 0.717) is 12.5 Å². The number of nitrogens with zero attached hydrogens (tertiary/aromatic N) is 4. The monoisotopic (exact) mass is 201 g/mol. The van der Waals surface area contributed by atoms with Gasteiger partial charge in [0.2, 0.25) is 0 Å². The van der Waals surface area contributed by atoms with Crippen LogP contribution in [0, 0.1) is 0 Å². The second-order valence-electron chi connectivity index (χ2n) is 2.99. The van der Waals surface area contributed by atoms with Gasteiger partial charge in [-0.2, -0.15) is 5.10 Å². The predicted octanol–water partition coefficient (Wildman–Crippen LogP) is 0.641. The largest absolute Gasteiger partial charge is 0.383 e. The van der Waals surface area contributed by atoms with Crippen molar-refractivity contribution in [2.24, 2.45) is 10.7 Å². The number of rotatable bonds is 3. The summed E-state index contributed by atoms with van der Waals surface area (Å²) in [4.78, 5) is 8.01. The average molecular weight is 201 g/mol. The Kier molecular flexibility index (Phi) is 2.73. The zero-order chi connectivity index (χ0) is 10.5. The van der Waals surface area contributed by atoms with Crippen LogP contribution in [0.15, 0.2) is 48.0 Å². The predicted molar refractivity (Wildman–Crippen MR) is 57.2 cm³/mol. The second kappa shape index (κ2) is 4.36. The topological polar surface area (TPSA) is 69.1 Å². The van der Waals surface area contributed by atoms with Crippen LogP contribution in [0.5, 0.6) is 0 Å². The maximum atomic E-state index is 5.80. The Morgan fingerprint density at radius 1 is 1.33 bits per heavy atom. The SMILES string of the molecule is N/C(=N\Cn1cncn1)c1ccccc1. The molecular weight excluding hydrogens is 190 g/mol. The summed E-state index contributed by atoms with van der Waals surface area (Å²) >= 11 is 0. The van der Waals surface area contributed by atoms with Gasteiger partial charge in [0.1, 0.15) is 25.2 Å². The Balaban J connectivity index is 2.08. The molecule has 1 heterocycles.